The van der Waals surface area contributed by atoms with Gasteiger partial charge in [-0.15, -0.1) is 0 Å². The quantitative estimate of drug-likeness (QED) is 0.876. The summed E-state index contributed by atoms with van der Waals surface area (Å²) in [5.74, 6) is 0.554. The van der Waals surface area contributed by atoms with Crippen molar-refractivity contribution in [2.45, 2.75) is 13.5 Å². The van der Waals surface area contributed by atoms with Crippen LogP contribution in [0.15, 0.2) is 42.6 Å². The van der Waals surface area contributed by atoms with Crippen LogP contribution in [0.5, 0.6) is 0 Å². The average Bonchev–Trinajstić information content (AvgIpc) is 2.32. The minimum Gasteiger partial charge on any atom is -0.384 e. The monoisotopic (exact) mass is 227 g/mol. The molecular formula is C14H17N3. The smallest absolute Gasteiger partial charge is 0.125 e. The first-order valence-electron chi connectivity index (χ1n) is 5.63. The van der Waals surface area contributed by atoms with Gasteiger partial charge >= 0.3 is 0 Å². The van der Waals surface area contributed by atoms with Gasteiger partial charge in [0.05, 0.1) is 0 Å². The summed E-state index contributed by atoms with van der Waals surface area (Å²) in [6.07, 6.45) is 1.73. The van der Waals surface area contributed by atoms with E-state index in [2.05, 4.69) is 48.1 Å². The Kier molecular flexibility index (Phi) is 3.28. The van der Waals surface area contributed by atoms with E-state index in [4.69, 9.17) is 5.73 Å². The van der Waals surface area contributed by atoms with E-state index in [-0.39, 0.29) is 0 Å². The van der Waals surface area contributed by atoms with Crippen molar-refractivity contribution in [3.8, 4) is 0 Å². The van der Waals surface area contributed by atoms with Crippen LogP contribution in [0, 0.1) is 6.92 Å². The van der Waals surface area contributed by atoms with Crippen LogP contribution in [0.25, 0.3) is 0 Å². The molecule has 1 aromatic heterocycles. The zero-order valence-electron chi connectivity index (χ0n) is 10.2. The van der Waals surface area contributed by atoms with Gasteiger partial charge in [0.15, 0.2) is 0 Å². The summed E-state index contributed by atoms with van der Waals surface area (Å²) in [5, 5.41) is 0. The second-order valence-electron chi connectivity index (χ2n) is 4.28. The lowest BCUT2D eigenvalue weighted by Crippen LogP contribution is -2.16. The molecule has 0 fully saturated rings. The van der Waals surface area contributed by atoms with E-state index in [0.29, 0.717) is 5.82 Å². The van der Waals surface area contributed by atoms with Gasteiger partial charge in [0.2, 0.25) is 0 Å². The van der Waals surface area contributed by atoms with Gasteiger partial charge in [-0.1, -0.05) is 29.8 Å². The Morgan fingerprint density at radius 1 is 1.18 bits per heavy atom. The maximum atomic E-state index is 5.67. The highest BCUT2D eigenvalue weighted by atomic mass is 15.1. The van der Waals surface area contributed by atoms with Crippen molar-refractivity contribution in [3.05, 3.63) is 53.7 Å². The molecular weight excluding hydrogens is 210 g/mol. The van der Waals surface area contributed by atoms with E-state index in [1.807, 2.05) is 12.1 Å². The Bertz CT molecular complexity index is 491. The number of nitrogen functional groups attached to an aromatic ring is 1. The van der Waals surface area contributed by atoms with Gasteiger partial charge in [0.1, 0.15) is 5.82 Å². The molecule has 0 radical (unpaired) electrons. The minimum atomic E-state index is 0.554. The van der Waals surface area contributed by atoms with Gasteiger partial charge in [-0.2, -0.15) is 0 Å². The molecule has 1 heterocycles. The van der Waals surface area contributed by atoms with Crippen LogP contribution in [0.1, 0.15) is 11.1 Å². The van der Waals surface area contributed by atoms with Crippen molar-refractivity contribution >= 4 is 11.5 Å². The highest BCUT2D eigenvalue weighted by Crippen LogP contribution is 2.16. The fraction of sp³-hybridized carbons (Fsp3) is 0.214. The van der Waals surface area contributed by atoms with Crippen molar-refractivity contribution in [3.63, 3.8) is 0 Å². The fourth-order valence-corrected chi connectivity index (χ4v) is 1.73. The largest absolute Gasteiger partial charge is 0.384 e. The number of nitrogens with two attached hydrogens (primary N) is 1. The van der Waals surface area contributed by atoms with E-state index in [9.17, 15) is 0 Å². The second kappa shape index (κ2) is 4.87. The molecule has 1 aromatic carbocycles. The van der Waals surface area contributed by atoms with Gasteiger partial charge in [0, 0.05) is 31.5 Å². The molecule has 0 aliphatic rings. The Morgan fingerprint density at radius 3 is 2.53 bits per heavy atom. The first-order chi connectivity index (χ1) is 8.15. The van der Waals surface area contributed by atoms with Crippen molar-refractivity contribution in [1.82, 2.24) is 4.98 Å². The standard InChI is InChI=1S/C14H17N3/c1-11-3-5-12(6-4-11)10-17(2)13-7-8-16-14(15)9-13/h3-9H,10H2,1-2H3,(H2,15,16). The molecule has 0 unspecified atom stereocenters. The summed E-state index contributed by atoms with van der Waals surface area (Å²) in [6.45, 7) is 2.96. The number of hydrogen-bond donors (Lipinski definition) is 1. The van der Waals surface area contributed by atoms with Gasteiger partial charge < -0.3 is 10.6 Å². The van der Waals surface area contributed by atoms with Crippen LogP contribution in [0.4, 0.5) is 11.5 Å². The number of hydrogen-bond acceptors (Lipinski definition) is 3. The third-order valence-corrected chi connectivity index (χ3v) is 2.75. The van der Waals surface area contributed by atoms with Crippen LogP contribution in [0.2, 0.25) is 0 Å². The van der Waals surface area contributed by atoms with E-state index in [0.717, 1.165) is 12.2 Å². The predicted octanol–water partition coefficient (Wildman–Crippen LogP) is 2.61. The molecule has 0 aliphatic heterocycles. The van der Waals surface area contributed by atoms with E-state index in [1.54, 1.807) is 6.20 Å². The van der Waals surface area contributed by atoms with Crippen molar-refractivity contribution in [2.24, 2.45) is 0 Å². The zero-order valence-corrected chi connectivity index (χ0v) is 10.2. The number of aromatic nitrogens is 1. The van der Waals surface area contributed by atoms with Gasteiger partial charge in [-0.3, -0.25) is 0 Å². The summed E-state index contributed by atoms with van der Waals surface area (Å²) in [7, 11) is 2.05. The maximum Gasteiger partial charge on any atom is 0.125 e. The molecule has 0 aliphatic carbocycles. The normalized spacial score (nSPS) is 10.2. The molecule has 0 saturated heterocycles. The van der Waals surface area contributed by atoms with Crippen LogP contribution < -0.4 is 10.6 Å². The molecule has 0 spiro atoms. The van der Waals surface area contributed by atoms with Crippen molar-refractivity contribution in [2.75, 3.05) is 17.7 Å². The number of nitrogens with zero attached hydrogens (tertiary/aromatic N) is 2. The van der Waals surface area contributed by atoms with Crippen LogP contribution in [-0.4, -0.2) is 12.0 Å². The summed E-state index contributed by atoms with van der Waals surface area (Å²) < 4.78 is 0. The third-order valence-electron chi connectivity index (χ3n) is 2.75. The second-order valence-corrected chi connectivity index (χ2v) is 4.28. The lowest BCUT2D eigenvalue weighted by atomic mass is 10.1. The molecule has 17 heavy (non-hydrogen) atoms. The first kappa shape index (κ1) is 11.5. The molecule has 0 saturated carbocycles. The Balaban J connectivity index is 2.11. The summed E-state index contributed by atoms with van der Waals surface area (Å²) in [4.78, 5) is 6.15. The third kappa shape index (κ3) is 2.97. The molecule has 0 amide bonds. The number of benzene rings is 1. The average molecular weight is 227 g/mol. The summed E-state index contributed by atoms with van der Waals surface area (Å²) in [6, 6.07) is 12.4. The van der Waals surface area contributed by atoms with Crippen LogP contribution >= 0.6 is 0 Å². The zero-order chi connectivity index (χ0) is 12.3. The summed E-state index contributed by atoms with van der Waals surface area (Å²) >= 11 is 0. The van der Waals surface area contributed by atoms with Gasteiger partial charge in [-0.25, -0.2) is 4.98 Å². The van der Waals surface area contributed by atoms with Gasteiger partial charge in [-0.05, 0) is 18.6 Å². The molecule has 2 rings (SSSR count). The van der Waals surface area contributed by atoms with Crippen molar-refractivity contribution in [1.29, 1.82) is 0 Å². The molecule has 0 atom stereocenters. The van der Waals surface area contributed by atoms with Gasteiger partial charge in [0.25, 0.3) is 0 Å². The number of anilines is 2. The molecule has 3 heteroatoms. The fourth-order valence-electron chi connectivity index (χ4n) is 1.73. The molecule has 2 N–H and O–H groups in total. The van der Waals surface area contributed by atoms with Crippen LogP contribution in [-0.2, 0) is 6.54 Å². The number of pyridine rings is 1. The minimum absolute atomic E-state index is 0.554. The highest BCUT2D eigenvalue weighted by molar-refractivity contribution is 5.51. The SMILES string of the molecule is Cc1ccc(CN(C)c2ccnc(N)c2)cc1. The van der Waals surface area contributed by atoms with E-state index in [1.165, 1.54) is 11.1 Å². The highest BCUT2D eigenvalue weighted by Gasteiger charge is 2.02. The molecule has 3 nitrogen and oxygen atoms in total. The lowest BCUT2D eigenvalue weighted by molar-refractivity contribution is 0.921. The molecule has 2 aromatic rings. The van der Waals surface area contributed by atoms with Crippen molar-refractivity contribution < 1.29 is 0 Å². The van der Waals surface area contributed by atoms with Crippen LogP contribution in [0.3, 0.4) is 0 Å². The Hall–Kier alpha value is -2.03. The van der Waals surface area contributed by atoms with E-state index >= 15 is 0 Å². The topological polar surface area (TPSA) is 42.2 Å². The Morgan fingerprint density at radius 2 is 1.88 bits per heavy atom. The predicted molar refractivity (Wildman–Crippen MR) is 71.9 cm³/mol. The maximum absolute atomic E-state index is 5.67. The summed E-state index contributed by atoms with van der Waals surface area (Å²) in [5.41, 5.74) is 9.32. The van der Waals surface area contributed by atoms with E-state index < -0.39 is 0 Å². The molecule has 88 valence electrons. The Labute approximate surface area is 102 Å². The molecule has 0 bridgehead atoms. The number of aryl methyl sites for hydroxylation is 1. The lowest BCUT2D eigenvalue weighted by Gasteiger charge is -2.19. The number of rotatable bonds is 3. The first-order valence-corrected chi connectivity index (χ1v) is 5.63.